The number of benzene rings is 1. The minimum Gasteiger partial charge on any atom is -0.303 e. The summed E-state index contributed by atoms with van der Waals surface area (Å²) < 4.78 is 0. The molecule has 1 aromatic rings. The minimum atomic E-state index is 0.481. The lowest BCUT2D eigenvalue weighted by Crippen LogP contribution is -1.83. The zero-order valence-electron chi connectivity index (χ0n) is 5.45. The van der Waals surface area contributed by atoms with E-state index in [0.29, 0.717) is 6.42 Å². The van der Waals surface area contributed by atoms with E-state index in [9.17, 15) is 4.79 Å². The maximum absolute atomic E-state index is 10.1. The maximum Gasteiger partial charge on any atom is 0.124 e. The van der Waals surface area contributed by atoms with Crippen LogP contribution in [-0.2, 0) is 11.2 Å². The molecule has 0 amide bonds. The molecule has 0 atom stereocenters. The number of hydrogen-bond acceptors (Lipinski definition) is 2. The lowest BCUT2D eigenvalue weighted by atomic mass is 10.2. The molecule has 52 valence electrons. The summed E-state index contributed by atoms with van der Waals surface area (Å²) in [7, 11) is 0. The van der Waals surface area contributed by atoms with Crippen LogP contribution < -0.4 is 0 Å². The molecule has 0 aliphatic carbocycles. The molecule has 0 radical (unpaired) electrons. The summed E-state index contributed by atoms with van der Waals surface area (Å²) in [5.41, 5.74) is 1.02. The summed E-state index contributed by atoms with van der Waals surface area (Å²) in [6, 6.07) is 7.57. The molecule has 10 heavy (non-hydrogen) atoms. The smallest absolute Gasteiger partial charge is 0.124 e. The van der Waals surface area contributed by atoms with Crippen LogP contribution in [0, 0.1) is 0 Å². The molecule has 0 aliphatic rings. The second kappa shape index (κ2) is 3.42. The highest BCUT2D eigenvalue weighted by Gasteiger charge is 1.89. The third-order valence-corrected chi connectivity index (χ3v) is 1.51. The van der Waals surface area contributed by atoms with Crippen molar-refractivity contribution in [2.24, 2.45) is 0 Å². The van der Waals surface area contributed by atoms with Crippen molar-refractivity contribution in [3.63, 3.8) is 0 Å². The molecule has 0 bridgehead atoms. The molecule has 0 saturated heterocycles. The Morgan fingerprint density at radius 2 is 2.30 bits per heavy atom. The van der Waals surface area contributed by atoms with E-state index in [1.165, 1.54) is 0 Å². The third-order valence-electron chi connectivity index (χ3n) is 1.23. The van der Waals surface area contributed by atoms with Gasteiger partial charge < -0.3 is 4.79 Å². The lowest BCUT2D eigenvalue weighted by Gasteiger charge is -1.94. The number of hydrogen-bond donors (Lipinski definition) is 1. The first kappa shape index (κ1) is 7.35. The van der Waals surface area contributed by atoms with Gasteiger partial charge in [-0.15, -0.1) is 12.6 Å². The van der Waals surface area contributed by atoms with E-state index in [-0.39, 0.29) is 0 Å². The van der Waals surface area contributed by atoms with E-state index in [4.69, 9.17) is 0 Å². The largest absolute Gasteiger partial charge is 0.303 e. The Balaban J connectivity index is 2.84. The monoisotopic (exact) mass is 152 g/mol. The fourth-order valence-corrected chi connectivity index (χ4v) is 1.03. The Labute approximate surface area is 65.5 Å². The standard InChI is InChI=1S/C8H8OS/c9-5-4-7-2-1-3-8(10)6-7/h1-3,5-6,10H,4H2. The zero-order valence-corrected chi connectivity index (χ0v) is 6.34. The number of carbonyl (C=O) groups excluding carboxylic acids is 1. The van der Waals surface area contributed by atoms with Gasteiger partial charge in [0.15, 0.2) is 0 Å². The number of thiol groups is 1. The highest BCUT2D eigenvalue weighted by atomic mass is 32.1. The van der Waals surface area contributed by atoms with E-state index in [0.717, 1.165) is 16.7 Å². The average molecular weight is 152 g/mol. The van der Waals surface area contributed by atoms with Crippen LogP contribution in [0.3, 0.4) is 0 Å². The first-order valence-electron chi connectivity index (χ1n) is 3.04. The van der Waals surface area contributed by atoms with Crippen LogP contribution in [0.5, 0.6) is 0 Å². The van der Waals surface area contributed by atoms with E-state index < -0.39 is 0 Å². The Morgan fingerprint density at radius 1 is 1.50 bits per heavy atom. The van der Waals surface area contributed by atoms with Crippen LogP contribution in [0.4, 0.5) is 0 Å². The number of rotatable bonds is 2. The van der Waals surface area contributed by atoms with Crippen LogP contribution in [0.25, 0.3) is 0 Å². The van der Waals surface area contributed by atoms with Crippen LogP contribution in [0.15, 0.2) is 29.2 Å². The minimum absolute atomic E-state index is 0.481. The second-order valence-corrected chi connectivity index (χ2v) is 2.56. The molecule has 1 rings (SSSR count). The van der Waals surface area contributed by atoms with Gasteiger partial charge in [0.1, 0.15) is 6.29 Å². The third kappa shape index (κ3) is 1.88. The lowest BCUT2D eigenvalue weighted by molar-refractivity contribution is -0.107. The fraction of sp³-hybridized carbons (Fsp3) is 0.125. The highest BCUT2D eigenvalue weighted by Crippen LogP contribution is 2.08. The summed E-state index contributed by atoms with van der Waals surface area (Å²) in [6.07, 6.45) is 1.37. The molecule has 0 heterocycles. The molecule has 0 saturated carbocycles. The van der Waals surface area contributed by atoms with Crippen molar-refractivity contribution in [1.82, 2.24) is 0 Å². The van der Waals surface area contributed by atoms with E-state index in [1.54, 1.807) is 0 Å². The van der Waals surface area contributed by atoms with E-state index >= 15 is 0 Å². The van der Waals surface area contributed by atoms with Crippen LogP contribution in [-0.4, -0.2) is 6.29 Å². The fourth-order valence-electron chi connectivity index (χ4n) is 0.780. The van der Waals surface area contributed by atoms with Crippen LogP contribution in [0.1, 0.15) is 5.56 Å². The SMILES string of the molecule is O=CCc1cccc(S)c1. The van der Waals surface area contributed by atoms with Gasteiger partial charge in [-0.25, -0.2) is 0 Å². The van der Waals surface area contributed by atoms with Crippen molar-refractivity contribution in [3.05, 3.63) is 29.8 Å². The average Bonchev–Trinajstić information content (AvgIpc) is 1.88. The van der Waals surface area contributed by atoms with Gasteiger partial charge in [-0.2, -0.15) is 0 Å². The Hall–Kier alpha value is -0.760. The van der Waals surface area contributed by atoms with Crippen molar-refractivity contribution in [1.29, 1.82) is 0 Å². The van der Waals surface area contributed by atoms with Gasteiger partial charge in [0.2, 0.25) is 0 Å². The summed E-state index contributed by atoms with van der Waals surface area (Å²) >= 11 is 4.13. The number of aldehydes is 1. The zero-order chi connectivity index (χ0) is 7.40. The van der Waals surface area contributed by atoms with Gasteiger partial charge in [-0.1, -0.05) is 12.1 Å². The Kier molecular flexibility index (Phi) is 2.51. The van der Waals surface area contributed by atoms with Gasteiger partial charge in [0, 0.05) is 11.3 Å². The molecule has 0 aliphatic heterocycles. The molecule has 1 aromatic carbocycles. The highest BCUT2D eigenvalue weighted by molar-refractivity contribution is 7.80. The quantitative estimate of drug-likeness (QED) is 0.504. The molecule has 0 spiro atoms. The first-order chi connectivity index (χ1) is 4.83. The molecular weight excluding hydrogens is 144 g/mol. The van der Waals surface area contributed by atoms with Crippen LogP contribution in [0.2, 0.25) is 0 Å². The van der Waals surface area contributed by atoms with Gasteiger partial charge in [-0.3, -0.25) is 0 Å². The van der Waals surface area contributed by atoms with Gasteiger partial charge in [0.25, 0.3) is 0 Å². The summed E-state index contributed by atoms with van der Waals surface area (Å²) in [6.45, 7) is 0. The molecule has 0 N–H and O–H groups in total. The molecule has 0 fully saturated rings. The van der Waals surface area contributed by atoms with Crippen molar-refractivity contribution in [3.8, 4) is 0 Å². The Morgan fingerprint density at radius 3 is 2.90 bits per heavy atom. The van der Waals surface area contributed by atoms with Crippen LogP contribution >= 0.6 is 12.6 Å². The topological polar surface area (TPSA) is 17.1 Å². The predicted molar refractivity (Wildman–Crippen MR) is 43.5 cm³/mol. The number of carbonyl (C=O) groups is 1. The molecule has 2 heteroatoms. The van der Waals surface area contributed by atoms with Crippen molar-refractivity contribution in [2.75, 3.05) is 0 Å². The van der Waals surface area contributed by atoms with Crippen molar-refractivity contribution >= 4 is 18.9 Å². The summed E-state index contributed by atoms with van der Waals surface area (Å²) in [5, 5.41) is 0. The van der Waals surface area contributed by atoms with Crippen molar-refractivity contribution < 1.29 is 4.79 Å². The van der Waals surface area contributed by atoms with Gasteiger partial charge in [0.05, 0.1) is 0 Å². The summed E-state index contributed by atoms with van der Waals surface area (Å²) in [5.74, 6) is 0. The van der Waals surface area contributed by atoms with E-state index in [1.807, 2.05) is 24.3 Å². The Bertz CT molecular complexity index is 232. The molecule has 0 aromatic heterocycles. The molecule has 0 unspecified atom stereocenters. The van der Waals surface area contributed by atoms with E-state index in [2.05, 4.69) is 12.6 Å². The predicted octanol–water partition coefficient (Wildman–Crippen LogP) is 1.72. The normalized spacial score (nSPS) is 9.30. The first-order valence-corrected chi connectivity index (χ1v) is 3.49. The van der Waals surface area contributed by atoms with Gasteiger partial charge >= 0.3 is 0 Å². The molecule has 1 nitrogen and oxygen atoms in total. The molecular formula is C8H8OS. The van der Waals surface area contributed by atoms with Gasteiger partial charge in [-0.05, 0) is 17.7 Å². The maximum atomic E-state index is 10.1. The van der Waals surface area contributed by atoms with Crippen molar-refractivity contribution in [2.45, 2.75) is 11.3 Å². The second-order valence-electron chi connectivity index (χ2n) is 2.04. The summed E-state index contributed by atoms with van der Waals surface area (Å²) in [4.78, 5) is 11.0.